The fourth-order valence-electron chi connectivity index (χ4n) is 4.02. The normalized spacial score (nSPS) is 18.6. The van der Waals surface area contributed by atoms with Gasteiger partial charge in [0, 0.05) is 11.4 Å². The molecule has 1 aliphatic heterocycles. The van der Waals surface area contributed by atoms with Crippen molar-refractivity contribution in [2.24, 2.45) is 0 Å². The minimum Gasteiger partial charge on any atom is -0.459 e. The lowest BCUT2D eigenvalue weighted by atomic mass is 9.91. The number of hydrogen-bond donors (Lipinski definition) is 1. The van der Waals surface area contributed by atoms with E-state index in [9.17, 15) is 19.2 Å². The molecule has 4 rings (SSSR count). The fraction of sp³-hybridized carbons (Fsp3) is 0.261. The molecule has 10 heteroatoms. The van der Waals surface area contributed by atoms with Crippen LogP contribution in [0.1, 0.15) is 30.7 Å². The van der Waals surface area contributed by atoms with Gasteiger partial charge < -0.3 is 4.74 Å². The molecule has 0 saturated carbocycles. The molecule has 2 heterocycles. The highest BCUT2D eigenvalue weighted by atomic mass is 35.5. The monoisotopic (exact) mass is 487 g/mol. The summed E-state index contributed by atoms with van der Waals surface area (Å²) in [6.07, 6.45) is 0.0740. The van der Waals surface area contributed by atoms with Crippen LogP contribution in [-0.2, 0) is 31.3 Å². The second-order valence-electron chi connectivity index (χ2n) is 7.74. The van der Waals surface area contributed by atoms with Crippen LogP contribution in [0.5, 0.6) is 0 Å². The van der Waals surface area contributed by atoms with Crippen LogP contribution in [0, 0.1) is 6.92 Å². The van der Waals surface area contributed by atoms with Gasteiger partial charge in [0.15, 0.2) is 0 Å². The quantitative estimate of drug-likeness (QED) is 0.343. The number of hydrogen-bond acceptors (Lipinski definition) is 6. The van der Waals surface area contributed by atoms with Gasteiger partial charge in [0.1, 0.15) is 12.4 Å². The summed E-state index contributed by atoms with van der Waals surface area (Å²) in [5, 5.41) is 2.61. The van der Waals surface area contributed by atoms with Crippen molar-refractivity contribution in [1.29, 1.82) is 0 Å². The Hall–Kier alpha value is -3.23. The molecular weight excluding hydrogens is 469 g/mol. The van der Waals surface area contributed by atoms with Gasteiger partial charge in [-0.1, -0.05) is 53.5 Å². The van der Waals surface area contributed by atoms with Crippen molar-refractivity contribution in [3.63, 3.8) is 0 Å². The molecule has 0 aliphatic carbocycles. The predicted molar refractivity (Wildman–Crippen MR) is 122 cm³/mol. The molecule has 1 fully saturated rings. The maximum absolute atomic E-state index is 13.6. The van der Waals surface area contributed by atoms with Gasteiger partial charge >= 0.3 is 5.97 Å². The first-order chi connectivity index (χ1) is 15.7. The summed E-state index contributed by atoms with van der Waals surface area (Å²) in [7, 11) is 0. The predicted octanol–water partition coefficient (Wildman–Crippen LogP) is 3.28. The smallest absolute Gasteiger partial charge is 0.342 e. The molecule has 1 saturated heterocycles. The molecule has 2 aromatic carbocycles. The summed E-state index contributed by atoms with van der Waals surface area (Å²) in [6.45, 7) is 1.37. The van der Waals surface area contributed by atoms with Crippen LogP contribution in [0.4, 0.5) is 0 Å². The van der Waals surface area contributed by atoms with Crippen molar-refractivity contribution in [2.45, 2.75) is 38.3 Å². The first-order valence-corrected chi connectivity index (χ1v) is 10.9. The van der Waals surface area contributed by atoms with E-state index in [1.165, 1.54) is 19.1 Å². The molecular formula is C23H19Cl2N3O5. The lowest BCUT2D eigenvalue weighted by Gasteiger charge is -2.31. The number of rotatable bonds is 4. The van der Waals surface area contributed by atoms with Gasteiger partial charge in [0.05, 0.1) is 15.9 Å². The standard InChI is InChI=1S/C23H19Cl2N3O5/c1-13-26-19-16(10-15(24)11-17(19)25)20(30)28(13)23(9-5-8-18(29)27-21(23)31)22(32)33-12-14-6-3-2-4-7-14/h2-4,6-7,10-11H,5,8-9,12H2,1H3,(H,27,29,31). The number of aromatic nitrogens is 2. The molecule has 1 N–H and O–H groups in total. The number of esters is 1. The molecule has 1 aliphatic rings. The highest BCUT2D eigenvalue weighted by Gasteiger charge is 2.52. The lowest BCUT2D eigenvalue weighted by molar-refractivity contribution is -0.161. The van der Waals surface area contributed by atoms with E-state index in [0.717, 1.165) is 4.57 Å². The maximum atomic E-state index is 13.6. The van der Waals surface area contributed by atoms with Crippen LogP contribution in [0.15, 0.2) is 47.3 Å². The largest absolute Gasteiger partial charge is 0.459 e. The van der Waals surface area contributed by atoms with E-state index in [0.29, 0.717) is 5.56 Å². The molecule has 0 spiro atoms. The second kappa shape index (κ2) is 8.96. The first kappa shape index (κ1) is 22.9. The first-order valence-electron chi connectivity index (χ1n) is 10.2. The van der Waals surface area contributed by atoms with E-state index in [1.807, 2.05) is 6.07 Å². The van der Waals surface area contributed by atoms with Crippen molar-refractivity contribution >= 4 is 51.9 Å². The van der Waals surface area contributed by atoms with Crippen molar-refractivity contribution in [2.75, 3.05) is 0 Å². The summed E-state index contributed by atoms with van der Waals surface area (Å²) in [5.74, 6) is -2.37. The van der Waals surface area contributed by atoms with Crippen molar-refractivity contribution in [1.82, 2.24) is 14.9 Å². The number of fused-ring (bicyclic) bond motifs is 1. The van der Waals surface area contributed by atoms with Gasteiger partial charge in [-0.2, -0.15) is 0 Å². The van der Waals surface area contributed by atoms with E-state index < -0.39 is 28.9 Å². The molecule has 2 amide bonds. The van der Waals surface area contributed by atoms with Gasteiger partial charge in [0.2, 0.25) is 11.4 Å². The third-order valence-corrected chi connectivity index (χ3v) is 6.07. The highest BCUT2D eigenvalue weighted by molar-refractivity contribution is 6.38. The Labute approximate surface area is 198 Å². The molecule has 1 atom stereocenters. The SMILES string of the molecule is Cc1nc2c(Cl)cc(Cl)cc2c(=O)n1C1(C(=O)OCc2ccccc2)CCCC(=O)NC1=O. The summed E-state index contributed by atoms with van der Waals surface area (Å²) in [6, 6.07) is 11.7. The van der Waals surface area contributed by atoms with Crippen LogP contribution in [-0.4, -0.2) is 27.3 Å². The van der Waals surface area contributed by atoms with Crippen LogP contribution in [0.3, 0.4) is 0 Å². The number of benzene rings is 2. The van der Waals surface area contributed by atoms with E-state index >= 15 is 0 Å². The van der Waals surface area contributed by atoms with E-state index in [-0.39, 0.29) is 52.6 Å². The summed E-state index contributed by atoms with van der Waals surface area (Å²) in [5.41, 5.74) is -1.93. The van der Waals surface area contributed by atoms with Crippen LogP contribution < -0.4 is 10.9 Å². The molecule has 0 radical (unpaired) electrons. The van der Waals surface area contributed by atoms with Crippen LogP contribution in [0.25, 0.3) is 10.9 Å². The molecule has 1 unspecified atom stereocenters. The topological polar surface area (TPSA) is 107 Å². The molecule has 8 nitrogen and oxygen atoms in total. The Morgan fingerprint density at radius 3 is 2.64 bits per heavy atom. The van der Waals surface area contributed by atoms with Crippen molar-refractivity contribution in [3.8, 4) is 0 Å². The number of carbonyl (C=O) groups is 3. The zero-order valence-corrected chi connectivity index (χ0v) is 19.1. The number of nitrogens with one attached hydrogen (secondary N) is 1. The fourth-order valence-corrected chi connectivity index (χ4v) is 4.56. The molecule has 33 heavy (non-hydrogen) atoms. The Kier molecular flexibility index (Phi) is 6.23. The number of imide groups is 1. The average Bonchev–Trinajstić information content (AvgIpc) is 2.92. The number of ether oxygens (including phenoxy) is 1. The Bertz CT molecular complexity index is 1340. The van der Waals surface area contributed by atoms with Crippen LogP contribution >= 0.6 is 23.2 Å². The van der Waals surface area contributed by atoms with E-state index in [2.05, 4.69) is 10.3 Å². The van der Waals surface area contributed by atoms with E-state index in [4.69, 9.17) is 27.9 Å². The number of amides is 2. The third kappa shape index (κ3) is 4.12. The average molecular weight is 488 g/mol. The summed E-state index contributed by atoms with van der Waals surface area (Å²) >= 11 is 12.3. The van der Waals surface area contributed by atoms with Crippen molar-refractivity contribution in [3.05, 3.63) is 74.3 Å². The number of nitrogens with zero attached hydrogens (tertiary/aromatic N) is 2. The minimum absolute atomic E-state index is 0.0198. The lowest BCUT2D eigenvalue weighted by Crippen LogP contribution is -2.58. The summed E-state index contributed by atoms with van der Waals surface area (Å²) in [4.78, 5) is 56.9. The Balaban J connectivity index is 1.91. The number of halogens is 2. The summed E-state index contributed by atoms with van der Waals surface area (Å²) < 4.78 is 6.49. The van der Waals surface area contributed by atoms with Gasteiger partial charge in [-0.25, -0.2) is 9.78 Å². The van der Waals surface area contributed by atoms with Gasteiger partial charge in [0.25, 0.3) is 11.5 Å². The molecule has 0 bridgehead atoms. The van der Waals surface area contributed by atoms with Crippen molar-refractivity contribution < 1.29 is 19.1 Å². The third-order valence-electron chi connectivity index (χ3n) is 5.56. The maximum Gasteiger partial charge on any atom is 0.342 e. The zero-order valence-electron chi connectivity index (χ0n) is 17.6. The number of aryl methyl sites for hydroxylation is 1. The minimum atomic E-state index is -2.13. The van der Waals surface area contributed by atoms with E-state index in [1.54, 1.807) is 24.3 Å². The molecule has 170 valence electrons. The van der Waals surface area contributed by atoms with Crippen LogP contribution in [0.2, 0.25) is 10.0 Å². The zero-order chi connectivity index (χ0) is 23.8. The van der Waals surface area contributed by atoms with Gasteiger partial charge in [-0.3, -0.25) is 24.3 Å². The number of carbonyl (C=O) groups excluding carboxylic acids is 3. The van der Waals surface area contributed by atoms with Gasteiger partial charge in [-0.15, -0.1) is 0 Å². The molecule has 1 aromatic heterocycles. The highest BCUT2D eigenvalue weighted by Crippen LogP contribution is 2.31. The molecule has 3 aromatic rings. The second-order valence-corrected chi connectivity index (χ2v) is 8.58. The Morgan fingerprint density at radius 2 is 1.91 bits per heavy atom. The Morgan fingerprint density at radius 1 is 1.18 bits per heavy atom. The van der Waals surface area contributed by atoms with Gasteiger partial charge in [-0.05, 0) is 37.5 Å².